The Morgan fingerprint density at radius 1 is 1.10 bits per heavy atom. The Bertz CT molecular complexity index is 812. The number of carbonyl (C=O) groups is 1. The number of pyridine rings is 1. The lowest BCUT2D eigenvalue weighted by atomic mass is 9.92. The van der Waals surface area contributed by atoms with Gasteiger partial charge in [-0.25, -0.2) is 0 Å². The molecule has 2 aromatic rings. The third-order valence-electron chi connectivity index (χ3n) is 4.97. The average molecular weight is 405 g/mol. The third-order valence-corrected chi connectivity index (χ3v) is 4.97. The summed E-state index contributed by atoms with van der Waals surface area (Å²) in [5.41, 5.74) is -0.458. The number of hydrogen-bond donors (Lipinski definition) is 1. The third kappa shape index (κ3) is 5.82. The molecule has 29 heavy (non-hydrogen) atoms. The Morgan fingerprint density at radius 2 is 1.69 bits per heavy atom. The number of aliphatic hydroxyl groups is 1. The van der Waals surface area contributed by atoms with Crippen LogP contribution in [0.3, 0.4) is 0 Å². The molecule has 0 aliphatic rings. The first-order chi connectivity index (χ1) is 13.4. The lowest BCUT2D eigenvalue weighted by molar-refractivity contribution is -0.144. The van der Waals surface area contributed by atoms with Crippen LogP contribution < -0.4 is 4.74 Å². The Hall–Kier alpha value is -2.34. The van der Waals surface area contributed by atoms with Crippen molar-refractivity contribution in [2.24, 2.45) is 0 Å². The number of carbonyl (C=O) groups excluding carboxylic acids is 1. The molecule has 1 aromatic carbocycles. The van der Waals surface area contributed by atoms with Crippen molar-refractivity contribution >= 4 is 5.78 Å². The summed E-state index contributed by atoms with van der Waals surface area (Å²) in [5, 5.41) is 9.95. The predicted molar refractivity (Wildman–Crippen MR) is 108 cm³/mol. The summed E-state index contributed by atoms with van der Waals surface area (Å²) < 4.78 is 35.0. The molecule has 0 spiro atoms. The van der Waals surface area contributed by atoms with Gasteiger partial charge in [0.05, 0.1) is 17.9 Å². The number of ketones is 1. The number of aromatic nitrogens is 1. The lowest BCUT2D eigenvalue weighted by Crippen LogP contribution is -2.27. The molecule has 4 nitrogen and oxygen atoms in total. The maximum absolute atomic E-state index is 14.6. The molecule has 0 saturated heterocycles. The first-order valence-corrected chi connectivity index (χ1v) is 9.82. The van der Waals surface area contributed by atoms with Gasteiger partial charge in [-0.3, -0.25) is 9.78 Å². The van der Waals surface area contributed by atoms with E-state index in [1.165, 1.54) is 24.3 Å². The molecule has 0 amide bonds. The van der Waals surface area contributed by atoms with E-state index in [-0.39, 0.29) is 18.1 Å². The summed E-state index contributed by atoms with van der Waals surface area (Å²) in [6.45, 7) is 8.80. The summed E-state index contributed by atoms with van der Waals surface area (Å²) >= 11 is 0. The standard InChI is InChI=1S/C23H29F2NO3/c1-6-16(3)29-19-11-12-20(26-14-19)15(2)13-21(27)23(24,25)18-9-7-17(8-10-18)22(4,5)28/h7-12,14-16,28H,6,13H2,1-5H3/t15-,16-/m0/s1. The van der Waals surface area contributed by atoms with Crippen LogP contribution in [0.1, 0.15) is 70.2 Å². The van der Waals surface area contributed by atoms with Crippen LogP contribution in [0.4, 0.5) is 8.78 Å². The Balaban J connectivity index is 2.07. The Morgan fingerprint density at radius 3 is 2.17 bits per heavy atom. The second kappa shape index (κ2) is 8.99. The first kappa shape index (κ1) is 22.9. The van der Waals surface area contributed by atoms with Crippen LogP contribution in [0.5, 0.6) is 5.75 Å². The van der Waals surface area contributed by atoms with E-state index in [1.54, 1.807) is 39.1 Å². The van der Waals surface area contributed by atoms with Crippen molar-refractivity contribution < 1.29 is 23.4 Å². The molecule has 6 heteroatoms. The number of ether oxygens (including phenoxy) is 1. The predicted octanol–water partition coefficient (Wildman–Crippen LogP) is 5.34. The Kier molecular flexibility index (Phi) is 7.11. The molecule has 158 valence electrons. The fourth-order valence-corrected chi connectivity index (χ4v) is 2.83. The van der Waals surface area contributed by atoms with Crippen LogP contribution in [0.2, 0.25) is 0 Å². The second-order valence-electron chi connectivity index (χ2n) is 7.99. The van der Waals surface area contributed by atoms with Crippen molar-refractivity contribution in [2.45, 2.75) is 71.0 Å². The number of halogens is 2. The average Bonchev–Trinajstić information content (AvgIpc) is 2.67. The summed E-state index contributed by atoms with van der Waals surface area (Å²) in [5.74, 6) is -4.62. The van der Waals surface area contributed by atoms with E-state index in [9.17, 15) is 18.7 Å². The van der Waals surface area contributed by atoms with Gasteiger partial charge in [-0.15, -0.1) is 0 Å². The van der Waals surface area contributed by atoms with Crippen molar-refractivity contribution in [1.29, 1.82) is 0 Å². The van der Waals surface area contributed by atoms with E-state index >= 15 is 0 Å². The quantitative estimate of drug-likeness (QED) is 0.612. The fraction of sp³-hybridized carbons (Fsp3) is 0.478. The molecule has 1 N–H and O–H groups in total. The molecular weight excluding hydrogens is 376 g/mol. The summed E-state index contributed by atoms with van der Waals surface area (Å²) in [6.07, 6.45) is 2.14. The molecule has 1 heterocycles. The molecule has 0 fully saturated rings. The number of nitrogens with zero attached hydrogens (tertiary/aromatic N) is 1. The summed E-state index contributed by atoms with van der Waals surface area (Å²) in [4.78, 5) is 16.6. The number of hydrogen-bond acceptors (Lipinski definition) is 4. The second-order valence-corrected chi connectivity index (χ2v) is 7.99. The van der Waals surface area contributed by atoms with Crippen molar-refractivity contribution in [3.05, 3.63) is 59.4 Å². The zero-order valence-electron chi connectivity index (χ0n) is 17.6. The van der Waals surface area contributed by atoms with Crippen LogP contribution in [-0.2, 0) is 16.3 Å². The van der Waals surface area contributed by atoms with Gasteiger partial charge in [0.25, 0.3) is 0 Å². The number of alkyl halides is 2. The van der Waals surface area contributed by atoms with Gasteiger partial charge in [0.2, 0.25) is 5.78 Å². The summed E-state index contributed by atoms with van der Waals surface area (Å²) in [7, 11) is 0. The van der Waals surface area contributed by atoms with Gasteiger partial charge in [-0.2, -0.15) is 8.78 Å². The van der Waals surface area contributed by atoms with Crippen LogP contribution in [0.15, 0.2) is 42.6 Å². The van der Waals surface area contributed by atoms with Gasteiger partial charge >= 0.3 is 5.92 Å². The molecule has 2 rings (SSSR count). The zero-order chi connectivity index (χ0) is 21.8. The number of Topliss-reactive ketones (excluding diaryl/α,β-unsaturated/α-hetero) is 1. The van der Waals surface area contributed by atoms with E-state index < -0.39 is 23.2 Å². The molecule has 1 aromatic heterocycles. The molecule has 0 bridgehead atoms. The van der Waals surface area contributed by atoms with Crippen LogP contribution in [0.25, 0.3) is 0 Å². The van der Waals surface area contributed by atoms with E-state index in [2.05, 4.69) is 4.98 Å². The first-order valence-electron chi connectivity index (χ1n) is 9.82. The zero-order valence-corrected chi connectivity index (χ0v) is 17.6. The van der Waals surface area contributed by atoms with E-state index in [4.69, 9.17) is 4.74 Å². The molecule has 0 radical (unpaired) electrons. The van der Waals surface area contributed by atoms with E-state index in [1.807, 2.05) is 13.8 Å². The minimum Gasteiger partial charge on any atom is -0.489 e. The van der Waals surface area contributed by atoms with Gasteiger partial charge in [-0.05, 0) is 44.9 Å². The van der Waals surface area contributed by atoms with Gasteiger partial charge in [0.15, 0.2) is 0 Å². The molecule has 0 unspecified atom stereocenters. The highest BCUT2D eigenvalue weighted by atomic mass is 19.3. The maximum Gasteiger partial charge on any atom is 0.330 e. The lowest BCUT2D eigenvalue weighted by Gasteiger charge is -2.21. The van der Waals surface area contributed by atoms with Crippen molar-refractivity contribution in [2.75, 3.05) is 0 Å². The summed E-state index contributed by atoms with van der Waals surface area (Å²) in [6, 6.07) is 8.65. The van der Waals surface area contributed by atoms with Crippen molar-refractivity contribution in [3.8, 4) is 5.75 Å². The molecule has 2 atom stereocenters. The highest BCUT2D eigenvalue weighted by Crippen LogP contribution is 2.34. The fourth-order valence-electron chi connectivity index (χ4n) is 2.83. The maximum atomic E-state index is 14.6. The largest absolute Gasteiger partial charge is 0.489 e. The molecule has 0 aliphatic heterocycles. The molecular formula is C23H29F2NO3. The van der Waals surface area contributed by atoms with Gasteiger partial charge < -0.3 is 9.84 Å². The van der Waals surface area contributed by atoms with E-state index in [0.29, 0.717) is 17.0 Å². The van der Waals surface area contributed by atoms with Crippen molar-refractivity contribution in [1.82, 2.24) is 4.98 Å². The molecule has 0 aliphatic carbocycles. The van der Waals surface area contributed by atoms with Crippen molar-refractivity contribution in [3.63, 3.8) is 0 Å². The SMILES string of the molecule is CC[C@H](C)Oc1ccc([C@@H](C)CC(=O)C(F)(F)c2ccc(C(C)(C)O)cc2)nc1. The minimum absolute atomic E-state index is 0.0585. The number of rotatable bonds is 9. The van der Waals surface area contributed by atoms with Gasteiger partial charge in [0.1, 0.15) is 5.75 Å². The smallest absolute Gasteiger partial charge is 0.330 e. The topological polar surface area (TPSA) is 59.4 Å². The molecule has 0 saturated carbocycles. The van der Waals surface area contributed by atoms with Crippen LogP contribution in [0, 0.1) is 0 Å². The Labute approximate surface area is 170 Å². The van der Waals surface area contributed by atoms with E-state index in [0.717, 1.165) is 6.42 Å². The van der Waals surface area contributed by atoms with Gasteiger partial charge in [0, 0.05) is 23.6 Å². The van der Waals surface area contributed by atoms with Gasteiger partial charge in [-0.1, -0.05) is 38.1 Å². The van der Waals surface area contributed by atoms with Crippen LogP contribution in [-0.4, -0.2) is 22.0 Å². The van der Waals surface area contributed by atoms with Crippen LogP contribution >= 0.6 is 0 Å². The highest BCUT2D eigenvalue weighted by molar-refractivity contribution is 5.87. The minimum atomic E-state index is -3.61. The highest BCUT2D eigenvalue weighted by Gasteiger charge is 2.41. The monoisotopic (exact) mass is 405 g/mol. The normalized spacial score (nSPS) is 14.3. The number of benzene rings is 1.